The van der Waals surface area contributed by atoms with Crippen LogP contribution in [0.4, 0.5) is 0 Å². The fraction of sp³-hybridized carbons (Fsp3) is 0.182. The lowest BCUT2D eigenvalue weighted by Crippen LogP contribution is -1.94. The van der Waals surface area contributed by atoms with Crippen molar-refractivity contribution in [1.82, 2.24) is 4.98 Å². The van der Waals surface area contributed by atoms with Gasteiger partial charge in [-0.25, -0.2) is 0 Å². The molecule has 2 heterocycles. The Balaban J connectivity index is 1.83. The van der Waals surface area contributed by atoms with E-state index < -0.39 is 0 Å². The summed E-state index contributed by atoms with van der Waals surface area (Å²) in [5, 5.41) is 4.45. The fourth-order valence-corrected chi connectivity index (χ4v) is 3.77. The highest BCUT2D eigenvalue weighted by Crippen LogP contribution is 2.43. The minimum absolute atomic E-state index is 0.257. The SMILES string of the molecule is COc1cc2cc(Cc3ccc[nH]3)c3cc4c(cc3c2cc1OC)OCO4. The molecule has 1 aromatic heterocycles. The van der Waals surface area contributed by atoms with Crippen LogP contribution in [-0.2, 0) is 6.42 Å². The predicted molar refractivity (Wildman–Crippen MR) is 104 cm³/mol. The maximum absolute atomic E-state index is 5.62. The van der Waals surface area contributed by atoms with E-state index in [4.69, 9.17) is 18.9 Å². The summed E-state index contributed by atoms with van der Waals surface area (Å²) in [6.45, 7) is 0.257. The quantitative estimate of drug-likeness (QED) is 0.537. The maximum Gasteiger partial charge on any atom is 0.231 e. The lowest BCUT2D eigenvalue weighted by molar-refractivity contribution is 0.174. The highest BCUT2D eigenvalue weighted by molar-refractivity contribution is 6.11. The van der Waals surface area contributed by atoms with Gasteiger partial charge in [-0.1, -0.05) is 0 Å². The molecule has 5 rings (SSSR count). The van der Waals surface area contributed by atoms with Crippen LogP contribution in [0.2, 0.25) is 0 Å². The van der Waals surface area contributed by atoms with E-state index in [1.165, 1.54) is 5.56 Å². The summed E-state index contributed by atoms with van der Waals surface area (Å²) < 4.78 is 22.2. The molecule has 1 aliphatic heterocycles. The Hall–Kier alpha value is -3.34. The van der Waals surface area contributed by atoms with Gasteiger partial charge in [-0.2, -0.15) is 0 Å². The zero-order chi connectivity index (χ0) is 18.4. The van der Waals surface area contributed by atoms with Crippen LogP contribution in [0, 0.1) is 0 Å². The fourth-order valence-electron chi connectivity index (χ4n) is 3.77. The Morgan fingerprint density at radius 3 is 2.33 bits per heavy atom. The Morgan fingerprint density at radius 1 is 0.889 bits per heavy atom. The first-order valence-corrected chi connectivity index (χ1v) is 8.80. The zero-order valence-electron chi connectivity index (χ0n) is 15.2. The number of benzene rings is 3. The van der Waals surface area contributed by atoms with Crippen LogP contribution in [0.3, 0.4) is 0 Å². The normalized spacial score (nSPS) is 12.7. The van der Waals surface area contributed by atoms with E-state index in [-0.39, 0.29) is 6.79 Å². The lowest BCUT2D eigenvalue weighted by Gasteiger charge is -2.14. The molecule has 136 valence electrons. The van der Waals surface area contributed by atoms with Gasteiger partial charge < -0.3 is 23.9 Å². The number of nitrogens with one attached hydrogen (secondary N) is 1. The molecule has 3 aromatic carbocycles. The van der Waals surface area contributed by atoms with Crippen molar-refractivity contribution in [2.75, 3.05) is 21.0 Å². The molecule has 0 atom stereocenters. The number of hydrogen-bond donors (Lipinski definition) is 1. The number of aromatic amines is 1. The van der Waals surface area contributed by atoms with Crippen molar-refractivity contribution in [3.63, 3.8) is 0 Å². The molecule has 0 bridgehead atoms. The lowest BCUT2D eigenvalue weighted by atomic mass is 9.94. The van der Waals surface area contributed by atoms with E-state index in [1.54, 1.807) is 14.2 Å². The van der Waals surface area contributed by atoms with Gasteiger partial charge in [-0.3, -0.25) is 0 Å². The molecule has 27 heavy (non-hydrogen) atoms. The van der Waals surface area contributed by atoms with Gasteiger partial charge in [0.2, 0.25) is 6.79 Å². The van der Waals surface area contributed by atoms with Crippen molar-refractivity contribution >= 4 is 21.5 Å². The van der Waals surface area contributed by atoms with E-state index in [1.807, 2.05) is 24.4 Å². The Kier molecular flexibility index (Phi) is 3.60. The highest BCUT2D eigenvalue weighted by Gasteiger charge is 2.19. The van der Waals surface area contributed by atoms with Crippen LogP contribution < -0.4 is 18.9 Å². The third kappa shape index (κ3) is 2.54. The number of H-pyrrole nitrogens is 1. The summed E-state index contributed by atoms with van der Waals surface area (Å²) in [6, 6.07) is 14.5. The molecule has 0 saturated heterocycles. The van der Waals surface area contributed by atoms with Crippen molar-refractivity contribution in [1.29, 1.82) is 0 Å². The molecule has 0 unspecified atom stereocenters. The summed E-state index contributed by atoms with van der Waals surface area (Å²) in [7, 11) is 3.31. The molecule has 4 aromatic rings. The molecule has 0 fully saturated rings. The van der Waals surface area contributed by atoms with E-state index in [0.717, 1.165) is 50.9 Å². The van der Waals surface area contributed by atoms with Crippen LogP contribution >= 0.6 is 0 Å². The summed E-state index contributed by atoms with van der Waals surface area (Å²) >= 11 is 0. The van der Waals surface area contributed by atoms with Gasteiger partial charge in [0.25, 0.3) is 0 Å². The maximum atomic E-state index is 5.62. The Bertz CT molecular complexity index is 1150. The third-order valence-corrected chi connectivity index (χ3v) is 5.08. The minimum atomic E-state index is 0.257. The second-order valence-corrected chi connectivity index (χ2v) is 6.59. The van der Waals surface area contributed by atoms with Crippen LogP contribution in [0.1, 0.15) is 11.3 Å². The number of methoxy groups -OCH3 is 2. The molecule has 1 aliphatic rings. The Labute approximate surface area is 156 Å². The highest BCUT2D eigenvalue weighted by atomic mass is 16.7. The van der Waals surface area contributed by atoms with Gasteiger partial charge in [0.15, 0.2) is 23.0 Å². The second kappa shape index (κ2) is 6.13. The molecule has 5 nitrogen and oxygen atoms in total. The van der Waals surface area contributed by atoms with Gasteiger partial charge in [0.05, 0.1) is 14.2 Å². The minimum Gasteiger partial charge on any atom is -0.493 e. The van der Waals surface area contributed by atoms with Crippen molar-refractivity contribution in [3.05, 3.63) is 59.9 Å². The number of ether oxygens (including phenoxy) is 4. The first-order valence-electron chi connectivity index (χ1n) is 8.80. The van der Waals surface area contributed by atoms with Crippen molar-refractivity contribution in [2.24, 2.45) is 0 Å². The largest absolute Gasteiger partial charge is 0.493 e. The molecule has 5 heteroatoms. The first kappa shape index (κ1) is 15.9. The van der Waals surface area contributed by atoms with E-state index in [2.05, 4.69) is 29.2 Å². The number of hydrogen-bond acceptors (Lipinski definition) is 4. The summed E-state index contributed by atoms with van der Waals surface area (Å²) in [4.78, 5) is 3.29. The number of rotatable bonds is 4. The second-order valence-electron chi connectivity index (χ2n) is 6.59. The molecule has 1 N–H and O–H groups in total. The monoisotopic (exact) mass is 361 g/mol. The van der Waals surface area contributed by atoms with Crippen LogP contribution in [0.25, 0.3) is 21.5 Å². The van der Waals surface area contributed by atoms with Crippen LogP contribution in [-0.4, -0.2) is 26.0 Å². The van der Waals surface area contributed by atoms with Crippen molar-refractivity contribution in [3.8, 4) is 23.0 Å². The molecule has 0 amide bonds. The summed E-state index contributed by atoms with van der Waals surface area (Å²) in [5.74, 6) is 2.99. The smallest absolute Gasteiger partial charge is 0.231 e. The summed E-state index contributed by atoms with van der Waals surface area (Å²) in [5.41, 5.74) is 2.37. The van der Waals surface area contributed by atoms with E-state index in [0.29, 0.717) is 5.75 Å². The first-order chi connectivity index (χ1) is 13.3. The van der Waals surface area contributed by atoms with E-state index >= 15 is 0 Å². The molecule has 0 spiro atoms. The Morgan fingerprint density at radius 2 is 1.63 bits per heavy atom. The van der Waals surface area contributed by atoms with Crippen molar-refractivity contribution < 1.29 is 18.9 Å². The molecular formula is C22H19NO4. The van der Waals surface area contributed by atoms with Gasteiger partial charge >= 0.3 is 0 Å². The average Bonchev–Trinajstić information content (AvgIpc) is 3.37. The number of fused-ring (bicyclic) bond motifs is 4. The molecule has 0 radical (unpaired) electrons. The topological polar surface area (TPSA) is 52.7 Å². The number of aromatic nitrogens is 1. The third-order valence-electron chi connectivity index (χ3n) is 5.08. The van der Waals surface area contributed by atoms with Gasteiger partial charge in [0, 0.05) is 18.3 Å². The van der Waals surface area contributed by atoms with Gasteiger partial charge in [-0.05, 0) is 69.6 Å². The van der Waals surface area contributed by atoms with Gasteiger partial charge in [0.1, 0.15) is 0 Å². The van der Waals surface area contributed by atoms with Crippen molar-refractivity contribution in [2.45, 2.75) is 6.42 Å². The standard InChI is InChI=1S/C22H19NO4/c1-24-19-8-14-6-13(7-15-4-3-5-23-15)17-10-21-22(27-12-26-21)11-18(17)16(14)9-20(19)25-2/h3-6,8-11,23H,7,12H2,1-2H3. The predicted octanol–water partition coefficient (Wildman–Crippen LogP) is 4.66. The summed E-state index contributed by atoms with van der Waals surface area (Å²) in [6.07, 6.45) is 2.74. The van der Waals surface area contributed by atoms with Gasteiger partial charge in [-0.15, -0.1) is 0 Å². The van der Waals surface area contributed by atoms with Crippen LogP contribution in [0.15, 0.2) is 48.7 Å². The molecule has 0 aliphatic carbocycles. The zero-order valence-corrected chi connectivity index (χ0v) is 15.2. The molecule has 0 saturated carbocycles. The average molecular weight is 361 g/mol. The van der Waals surface area contributed by atoms with Crippen LogP contribution in [0.5, 0.6) is 23.0 Å². The molecular weight excluding hydrogens is 342 g/mol. The van der Waals surface area contributed by atoms with E-state index in [9.17, 15) is 0 Å².